The number of aromatic nitrogens is 18. The largest absolute Gasteiger partial charge is 0.474 e. The van der Waals surface area contributed by atoms with Crippen molar-refractivity contribution in [3.63, 3.8) is 0 Å². The van der Waals surface area contributed by atoms with E-state index in [2.05, 4.69) is 67.7 Å². The van der Waals surface area contributed by atoms with E-state index >= 15 is 0 Å². The Labute approximate surface area is 656 Å². The molecule has 0 radical (unpaired) electrons. The normalized spacial score (nSPS) is 19.9. The number of pyridine rings is 5. The zero-order valence-electron chi connectivity index (χ0n) is 66.7. The van der Waals surface area contributed by atoms with Crippen LogP contribution in [0.25, 0.3) is 88.6 Å². The predicted molar refractivity (Wildman–Crippen MR) is 429 cm³/mol. The number of carbonyl (C=O) groups excluding carboxylic acids is 4. The smallest absolute Gasteiger partial charge is 0.225 e. The number of carbonyl (C=O) groups is 4. The van der Waals surface area contributed by atoms with Gasteiger partial charge in [-0.25, -0.2) is 24.9 Å². The van der Waals surface area contributed by atoms with Gasteiger partial charge in [0.05, 0.1) is 84.8 Å². The fraction of sp³-hybridized carbons (Fsp3) is 0.494. The number of fused-ring (bicyclic) bond motifs is 4. The maximum Gasteiger partial charge on any atom is 0.225 e. The van der Waals surface area contributed by atoms with Crippen LogP contribution in [-0.2, 0) is 59.2 Å². The summed E-state index contributed by atoms with van der Waals surface area (Å²) in [5.41, 5.74) is 10.5. The lowest BCUT2D eigenvalue weighted by atomic mass is 10.0. The maximum absolute atomic E-state index is 11.7. The molecule has 0 bridgehead atoms. The van der Waals surface area contributed by atoms with Gasteiger partial charge in [-0.15, -0.1) is 0 Å². The van der Waals surface area contributed by atoms with Gasteiger partial charge in [0, 0.05) is 221 Å². The van der Waals surface area contributed by atoms with Crippen LogP contribution in [0.4, 0.5) is 5.82 Å². The Morgan fingerprint density at radius 2 is 0.805 bits per heavy atom. The van der Waals surface area contributed by atoms with Crippen LogP contribution in [0.15, 0.2) is 111 Å². The van der Waals surface area contributed by atoms with Gasteiger partial charge in [-0.2, -0.15) is 30.6 Å². The molecular weight excluding hydrogens is 1430 g/mol. The van der Waals surface area contributed by atoms with Crippen molar-refractivity contribution in [3.05, 3.63) is 111 Å². The van der Waals surface area contributed by atoms with E-state index in [0.717, 1.165) is 159 Å². The van der Waals surface area contributed by atoms with Crippen molar-refractivity contribution in [2.75, 3.05) is 31.2 Å². The predicted octanol–water partition coefficient (Wildman–Crippen LogP) is 14.1. The van der Waals surface area contributed by atoms with Crippen molar-refractivity contribution in [2.45, 2.75) is 187 Å². The molecule has 12 aromatic rings. The van der Waals surface area contributed by atoms with E-state index in [9.17, 15) is 19.2 Å². The van der Waals surface area contributed by atoms with Crippen LogP contribution in [0, 0.1) is 23.7 Å². The Bertz CT molecular complexity index is 5400. The van der Waals surface area contributed by atoms with Crippen LogP contribution in [0.1, 0.15) is 163 Å². The lowest BCUT2D eigenvalue weighted by molar-refractivity contribution is -0.118. The van der Waals surface area contributed by atoms with Crippen LogP contribution in [0.2, 0.25) is 0 Å². The Morgan fingerprint density at radius 1 is 0.416 bits per heavy atom. The van der Waals surface area contributed by atoms with Gasteiger partial charge in [0.15, 0.2) is 0 Å². The van der Waals surface area contributed by atoms with Gasteiger partial charge >= 0.3 is 0 Å². The van der Waals surface area contributed by atoms with Crippen molar-refractivity contribution in [1.29, 1.82) is 0 Å². The summed E-state index contributed by atoms with van der Waals surface area (Å²) in [6.07, 6.45) is 35.4. The molecule has 28 nitrogen and oxygen atoms in total. The summed E-state index contributed by atoms with van der Waals surface area (Å²) < 4.78 is 43.6. The molecule has 12 aromatic heterocycles. The van der Waals surface area contributed by atoms with Crippen molar-refractivity contribution in [3.8, 4) is 68.5 Å². The van der Waals surface area contributed by atoms with Gasteiger partial charge in [-0.1, -0.05) is 0 Å². The summed E-state index contributed by atoms with van der Waals surface area (Å²) in [6, 6.07) is 14.8. The monoisotopic (exact) mass is 1530 g/mol. The molecule has 0 N–H and O–H groups in total. The summed E-state index contributed by atoms with van der Waals surface area (Å²) in [4.78, 5) is 72.9. The molecule has 6 aliphatic rings. The van der Waals surface area contributed by atoms with Gasteiger partial charge in [-0.3, -0.25) is 47.3 Å². The van der Waals surface area contributed by atoms with Gasteiger partial charge in [0.25, 0.3) is 0 Å². The second kappa shape index (κ2) is 33.7. The molecule has 18 rings (SSSR count). The summed E-state index contributed by atoms with van der Waals surface area (Å²) in [6.45, 7) is 16.0. The number of ether oxygens (including phenoxy) is 5. The Balaban J connectivity index is 0.000000119. The first-order chi connectivity index (χ1) is 54.5. The lowest BCUT2D eigenvalue weighted by Gasteiger charge is -2.27. The number of aryl methyl sites for hydroxylation is 5. The van der Waals surface area contributed by atoms with Crippen molar-refractivity contribution in [1.82, 2.24) is 88.2 Å². The quantitative estimate of drug-likeness (QED) is 0.0726. The fourth-order valence-corrected chi connectivity index (χ4v) is 16.3. The molecular formula is C85H103N19O9. The number of hydrogen-bond acceptors (Lipinski definition) is 21. The van der Waals surface area contributed by atoms with Crippen molar-refractivity contribution >= 4 is 72.6 Å². The van der Waals surface area contributed by atoms with Crippen LogP contribution in [0.3, 0.4) is 0 Å². The average molecular weight is 1530 g/mol. The topological polar surface area (TPSA) is 294 Å². The number of anilines is 1. The van der Waals surface area contributed by atoms with E-state index in [1.807, 2.05) is 169 Å². The highest BCUT2D eigenvalue weighted by atomic mass is 16.5. The van der Waals surface area contributed by atoms with Gasteiger partial charge in [-0.05, 0) is 142 Å². The van der Waals surface area contributed by atoms with Crippen molar-refractivity contribution < 1.29 is 42.9 Å². The highest BCUT2D eigenvalue weighted by molar-refractivity contribution is 5.90. The fourth-order valence-electron chi connectivity index (χ4n) is 16.3. The third-order valence-electron chi connectivity index (χ3n) is 23.1. The number of Topliss-reactive ketones (excluding diaryl/α,β-unsaturated/α-hetero) is 4. The molecule has 2 aliphatic heterocycles. The number of hydrogen-bond donors (Lipinski definition) is 0. The van der Waals surface area contributed by atoms with E-state index < -0.39 is 0 Å². The highest BCUT2D eigenvalue weighted by Gasteiger charge is 2.34. The molecule has 6 fully saturated rings. The first-order valence-electron chi connectivity index (χ1n) is 40.1. The lowest BCUT2D eigenvalue weighted by Crippen LogP contribution is -2.29. The number of ketones is 4. The van der Waals surface area contributed by atoms with E-state index in [0.29, 0.717) is 104 Å². The molecule has 113 heavy (non-hydrogen) atoms. The molecule has 4 saturated carbocycles. The highest BCUT2D eigenvalue weighted by Crippen LogP contribution is 2.39. The van der Waals surface area contributed by atoms with Crippen LogP contribution >= 0.6 is 0 Å². The molecule has 0 unspecified atom stereocenters. The van der Waals surface area contributed by atoms with Crippen LogP contribution in [0.5, 0.6) is 23.5 Å². The maximum atomic E-state index is 11.7. The third kappa shape index (κ3) is 18.1. The average Bonchev–Trinajstić information content (AvgIpc) is 1.67. The van der Waals surface area contributed by atoms with Crippen LogP contribution in [-0.4, -0.2) is 162 Å². The third-order valence-corrected chi connectivity index (χ3v) is 23.1. The Kier molecular flexibility index (Phi) is 23.1. The zero-order valence-corrected chi connectivity index (χ0v) is 66.7. The van der Waals surface area contributed by atoms with Gasteiger partial charge in [0.2, 0.25) is 23.5 Å². The molecule has 28 heteroatoms. The second-order valence-electron chi connectivity index (χ2n) is 32.0. The summed E-state index contributed by atoms with van der Waals surface area (Å²) in [5, 5.41) is 30.8. The minimum atomic E-state index is -0.0763. The summed E-state index contributed by atoms with van der Waals surface area (Å²) in [5.74, 6) is 5.64. The number of nitrogens with zero attached hydrogens (tertiary/aromatic N) is 19. The molecule has 14 heterocycles. The van der Waals surface area contributed by atoms with Gasteiger partial charge in [0.1, 0.15) is 53.4 Å². The first kappa shape index (κ1) is 77.3. The molecule has 0 spiro atoms. The van der Waals surface area contributed by atoms with Crippen LogP contribution < -0.4 is 23.8 Å². The Morgan fingerprint density at radius 3 is 1.16 bits per heavy atom. The minimum absolute atomic E-state index is 0.0478. The molecule has 0 amide bonds. The molecule has 0 aromatic carbocycles. The zero-order chi connectivity index (χ0) is 78.7. The van der Waals surface area contributed by atoms with E-state index in [1.54, 1.807) is 18.7 Å². The van der Waals surface area contributed by atoms with E-state index in [-0.39, 0.29) is 54.1 Å². The molecule has 4 aliphatic carbocycles. The summed E-state index contributed by atoms with van der Waals surface area (Å²) in [7, 11) is 9.56. The Hall–Kier alpha value is -11.0. The van der Waals surface area contributed by atoms with E-state index in [1.165, 1.54) is 19.3 Å². The standard InChI is InChI=1S/C24H29N5O2.C22H27N5O3.C20H25N5O2.C19H22N4O2/c1-16(17-6-8-19(30)12-17)31-24-20-15-28(2)27-22(20)13-21(26-24)18-7-9-23(25-14-18)29-10-4-3-5-11-29;1-14(15-3-4-18(28)9-15)30-22-19-13-26(2)25-21(19)10-20(24-22)16-11-23-27(12-16)17-5-7-29-8-6-17;1-12(2)25-10-15(9-21-25)18-8-19-17(11-24(4)23-19)20(22-18)27-13(3)14-5-6-16(26)7-14;1-12(13-4-5-15(24)8-13)25-19-16-11-23(3)21-18(16)9-17(20-19)14-6-7-22(2)10-14/h7,9,13-17H,3-6,8,10-12H2,1-2H3;10-15,17H,3-9H2,1-2H3;8-14H,5-7H2,1-4H3;6-7,9-13H,4-5,8H2,1-3H3/t16-,17+;14-,15+;13-,14+;12-,13+/m1111/s1. The first-order valence-corrected chi connectivity index (χ1v) is 40.1. The molecule has 592 valence electrons. The molecule has 8 atom stereocenters. The number of piperidine rings is 1. The SMILES string of the molecule is CC(C)n1cc(-c2cc3nn(C)cc3c(O[C@H](C)[C@H]3CCC(=O)C3)n2)cn1.C[C@@H](Oc1nc(-c2ccc(N3CCCCC3)nc2)cc2nn(C)cc12)[C@H]1CCC(=O)C1.C[C@@H](Oc1nc(-c2ccn(C)c2)cc2nn(C)cc12)[C@H]1CCC(=O)C1.C[C@@H](Oc1nc(-c2cnn(C3CCOCC3)c2)cc2nn(C)cc12)[C@H]1CCC(=O)C1. The second-order valence-corrected chi connectivity index (χ2v) is 32.0. The molecule has 2 saturated heterocycles. The number of rotatable bonds is 19. The minimum Gasteiger partial charge on any atom is -0.474 e. The van der Waals surface area contributed by atoms with Gasteiger partial charge < -0.3 is 33.2 Å². The summed E-state index contributed by atoms with van der Waals surface area (Å²) >= 11 is 0. The van der Waals surface area contributed by atoms with Crippen molar-refractivity contribution in [2.24, 2.45) is 58.9 Å². The van der Waals surface area contributed by atoms with E-state index in [4.69, 9.17) is 48.6 Å².